The quantitative estimate of drug-likeness (QED) is 0.787. The van der Waals surface area contributed by atoms with E-state index in [2.05, 4.69) is 0 Å². The van der Waals surface area contributed by atoms with Gasteiger partial charge in [-0.15, -0.1) is 0 Å². The standard InChI is InChI=1S/C16H12ClFO2/c17-11-4-7-15(18)14(9-11)16(19)10-2-1-3-13(8-10)20-12-5-6-12/h1-4,7-9,12H,5-6H2. The Labute approximate surface area is 121 Å². The Morgan fingerprint density at radius 2 is 2.00 bits per heavy atom. The van der Waals surface area contributed by atoms with E-state index >= 15 is 0 Å². The Bertz CT molecular complexity index is 665. The number of hydrogen-bond acceptors (Lipinski definition) is 2. The van der Waals surface area contributed by atoms with E-state index in [9.17, 15) is 9.18 Å². The SMILES string of the molecule is O=C(c1cccc(OC2CC2)c1)c1cc(Cl)ccc1F. The topological polar surface area (TPSA) is 26.3 Å². The van der Waals surface area contributed by atoms with E-state index in [0.717, 1.165) is 12.8 Å². The molecule has 0 radical (unpaired) electrons. The molecule has 1 fully saturated rings. The van der Waals surface area contributed by atoms with Gasteiger partial charge in [-0.3, -0.25) is 4.79 Å². The summed E-state index contributed by atoms with van der Waals surface area (Å²) >= 11 is 5.81. The Morgan fingerprint density at radius 1 is 1.20 bits per heavy atom. The van der Waals surface area contributed by atoms with E-state index in [0.29, 0.717) is 16.3 Å². The van der Waals surface area contributed by atoms with Crippen molar-refractivity contribution < 1.29 is 13.9 Å². The smallest absolute Gasteiger partial charge is 0.196 e. The molecule has 0 heterocycles. The van der Waals surface area contributed by atoms with Crippen molar-refractivity contribution in [3.63, 3.8) is 0 Å². The number of ketones is 1. The van der Waals surface area contributed by atoms with Gasteiger partial charge < -0.3 is 4.74 Å². The third-order valence-corrected chi connectivity index (χ3v) is 3.33. The van der Waals surface area contributed by atoms with E-state index < -0.39 is 11.6 Å². The molecule has 102 valence electrons. The fourth-order valence-corrected chi connectivity index (χ4v) is 2.09. The molecule has 0 bridgehead atoms. The number of hydrogen-bond donors (Lipinski definition) is 0. The van der Waals surface area contributed by atoms with Crippen LogP contribution >= 0.6 is 11.6 Å². The number of benzene rings is 2. The zero-order valence-electron chi connectivity index (χ0n) is 10.6. The van der Waals surface area contributed by atoms with Crippen molar-refractivity contribution in [3.8, 4) is 5.75 Å². The molecule has 0 spiro atoms. The van der Waals surface area contributed by atoms with Crippen molar-refractivity contribution in [1.82, 2.24) is 0 Å². The van der Waals surface area contributed by atoms with Gasteiger partial charge in [0.1, 0.15) is 11.6 Å². The van der Waals surface area contributed by atoms with Gasteiger partial charge >= 0.3 is 0 Å². The maximum absolute atomic E-state index is 13.7. The summed E-state index contributed by atoms with van der Waals surface area (Å²) in [6, 6.07) is 10.8. The highest BCUT2D eigenvalue weighted by Crippen LogP contribution is 2.28. The summed E-state index contributed by atoms with van der Waals surface area (Å²) in [4.78, 5) is 12.3. The molecule has 2 nitrogen and oxygen atoms in total. The lowest BCUT2D eigenvalue weighted by Crippen LogP contribution is -2.05. The van der Waals surface area contributed by atoms with Crippen LogP contribution in [0.4, 0.5) is 4.39 Å². The minimum Gasteiger partial charge on any atom is -0.490 e. The average molecular weight is 291 g/mol. The molecule has 0 N–H and O–H groups in total. The number of carbonyl (C=O) groups is 1. The highest BCUT2D eigenvalue weighted by Gasteiger charge is 2.24. The summed E-state index contributed by atoms with van der Waals surface area (Å²) in [7, 11) is 0. The summed E-state index contributed by atoms with van der Waals surface area (Å²) in [6.07, 6.45) is 2.34. The zero-order valence-corrected chi connectivity index (χ0v) is 11.4. The van der Waals surface area contributed by atoms with Gasteiger partial charge in [0.2, 0.25) is 0 Å². The average Bonchev–Trinajstić information content (AvgIpc) is 3.25. The normalized spacial score (nSPS) is 14.1. The minimum atomic E-state index is -0.576. The van der Waals surface area contributed by atoms with Gasteiger partial charge in [0.15, 0.2) is 5.78 Å². The van der Waals surface area contributed by atoms with E-state index in [4.69, 9.17) is 16.3 Å². The molecule has 0 saturated heterocycles. The maximum Gasteiger partial charge on any atom is 0.196 e. The largest absolute Gasteiger partial charge is 0.490 e. The van der Waals surface area contributed by atoms with Gasteiger partial charge in [0.25, 0.3) is 0 Å². The Kier molecular flexibility index (Phi) is 3.45. The summed E-state index contributed by atoms with van der Waals surface area (Å²) in [6.45, 7) is 0. The van der Waals surface area contributed by atoms with Crippen molar-refractivity contribution >= 4 is 17.4 Å². The predicted molar refractivity (Wildman–Crippen MR) is 74.9 cm³/mol. The first-order valence-electron chi connectivity index (χ1n) is 6.40. The molecular formula is C16H12ClFO2. The monoisotopic (exact) mass is 290 g/mol. The Morgan fingerprint density at radius 3 is 2.75 bits per heavy atom. The second-order valence-electron chi connectivity index (χ2n) is 4.80. The molecule has 0 amide bonds. The summed E-state index contributed by atoms with van der Waals surface area (Å²) in [5.74, 6) is -0.333. The molecule has 2 aromatic carbocycles. The third-order valence-electron chi connectivity index (χ3n) is 3.10. The Hall–Kier alpha value is -1.87. The van der Waals surface area contributed by atoms with Crippen molar-refractivity contribution in [2.75, 3.05) is 0 Å². The number of halogens is 2. The van der Waals surface area contributed by atoms with E-state index in [1.807, 2.05) is 0 Å². The van der Waals surface area contributed by atoms with Crippen LogP contribution in [0.3, 0.4) is 0 Å². The van der Waals surface area contributed by atoms with Crippen LogP contribution < -0.4 is 4.74 Å². The first kappa shape index (κ1) is 13.1. The number of rotatable bonds is 4. The molecular weight excluding hydrogens is 279 g/mol. The van der Waals surface area contributed by atoms with Crippen LogP contribution in [0.5, 0.6) is 5.75 Å². The van der Waals surface area contributed by atoms with Crippen LogP contribution in [0.25, 0.3) is 0 Å². The van der Waals surface area contributed by atoms with E-state index in [1.54, 1.807) is 24.3 Å². The van der Waals surface area contributed by atoms with Gasteiger partial charge in [0.05, 0.1) is 11.7 Å². The lowest BCUT2D eigenvalue weighted by Gasteiger charge is -2.07. The molecule has 0 atom stereocenters. The van der Waals surface area contributed by atoms with Crippen LogP contribution in [0, 0.1) is 5.82 Å². The lowest BCUT2D eigenvalue weighted by atomic mass is 10.0. The van der Waals surface area contributed by atoms with Gasteiger partial charge in [-0.2, -0.15) is 0 Å². The molecule has 4 heteroatoms. The fourth-order valence-electron chi connectivity index (χ4n) is 1.92. The molecule has 1 aliphatic rings. The molecule has 0 aliphatic heterocycles. The Balaban J connectivity index is 1.91. The first-order valence-corrected chi connectivity index (χ1v) is 6.78. The zero-order chi connectivity index (χ0) is 14.1. The maximum atomic E-state index is 13.7. The lowest BCUT2D eigenvalue weighted by molar-refractivity contribution is 0.103. The predicted octanol–water partition coefficient (Wildman–Crippen LogP) is 4.25. The van der Waals surface area contributed by atoms with E-state index in [1.165, 1.54) is 18.2 Å². The van der Waals surface area contributed by atoms with Crippen LogP contribution in [0.15, 0.2) is 42.5 Å². The van der Waals surface area contributed by atoms with Crippen LogP contribution in [-0.2, 0) is 0 Å². The molecule has 0 unspecified atom stereocenters. The summed E-state index contributed by atoms with van der Waals surface area (Å²) in [5, 5.41) is 0.333. The molecule has 1 saturated carbocycles. The summed E-state index contributed by atoms with van der Waals surface area (Å²) in [5.41, 5.74) is 0.366. The van der Waals surface area contributed by atoms with Gasteiger partial charge in [-0.25, -0.2) is 4.39 Å². The van der Waals surface area contributed by atoms with Crippen molar-refractivity contribution in [2.45, 2.75) is 18.9 Å². The first-order chi connectivity index (χ1) is 9.63. The number of carbonyl (C=O) groups excluding carboxylic acids is 1. The third kappa shape index (κ3) is 2.83. The van der Waals surface area contributed by atoms with E-state index in [-0.39, 0.29) is 11.7 Å². The fraction of sp³-hybridized carbons (Fsp3) is 0.188. The highest BCUT2D eigenvalue weighted by atomic mass is 35.5. The van der Waals surface area contributed by atoms with Crippen molar-refractivity contribution in [1.29, 1.82) is 0 Å². The van der Waals surface area contributed by atoms with Crippen LogP contribution in [-0.4, -0.2) is 11.9 Å². The van der Waals surface area contributed by atoms with Gasteiger partial charge in [0, 0.05) is 10.6 Å². The van der Waals surface area contributed by atoms with Gasteiger partial charge in [-0.05, 0) is 43.2 Å². The van der Waals surface area contributed by atoms with Crippen molar-refractivity contribution in [3.05, 3.63) is 64.4 Å². The second kappa shape index (κ2) is 5.25. The number of ether oxygens (including phenoxy) is 1. The van der Waals surface area contributed by atoms with Crippen LogP contribution in [0.1, 0.15) is 28.8 Å². The summed E-state index contributed by atoms with van der Waals surface area (Å²) < 4.78 is 19.3. The van der Waals surface area contributed by atoms with Gasteiger partial charge in [-0.1, -0.05) is 23.7 Å². The van der Waals surface area contributed by atoms with Crippen LogP contribution in [0.2, 0.25) is 5.02 Å². The molecule has 3 rings (SSSR count). The highest BCUT2D eigenvalue weighted by molar-refractivity contribution is 6.31. The molecule has 2 aromatic rings. The molecule has 0 aromatic heterocycles. The minimum absolute atomic E-state index is 0.0268. The second-order valence-corrected chi connectivity index (χ2v) is 5.23. The molecule has 1 aliphatic carbocycles. The van der Waals surface area contributed by atoms with Crippen molar-refractivity contribution in [2.24, 2.45) is 0 Å². The molecule has 20 heavy (non-hydrogen) atoms.